The lowest BCUT2D eigenvalue weighted by Gasteiger charge is -2.23. The van der Waals surface area contributed by atoms with Gasteiger partial charge in [-0.1, -0.05) is 37.6 Å². The Morgan fingerprint density at radius 1 is 1.00 bits per heavy atom. The van der Waals surface area contributed by atoms with Crippen LogP contribution in [-0.2, 0) is 12.8 Å². The third-order valence-corrected chi connectivity index (χ3v) is 5.15. The number of nitrogens with one attached hydrogen (secondary N) is 1. The highest BCUT2D eigenvalue weighted by Gasteiger charge is 2.22. The van der Waals surface area contributed by atoms with Crippen LogP contribution in [0.1, 0.15) is 41.3 Å². The van der Waals surface area contributed by atoms with Crippen LogP contribution in [0.2, 0.25) is 0 Å². The molecule has 0 saturated carbocycles. The van der Waals surface area contributed by atoms with Crippen molar-refractivity contribution in [2.24, 2.45) is 0 Å². The molecule has 0 atom stereocenters. The smallest absolute Gasteiger partial charge is 0.337 e. The summed E-state index contributed by atoms with van der Waals surface area (Å²) in [7, 11) is 0. The fourth-order valence-electron chi connectivity index (χ4n) is 3.51. The highest BCUT2D eigenvalue weighted by Crippen LogP contribution is 2.43. The van der Waals surface area contributed by atoms with Crippen LogP contribution in [0, 0.1) is 0 Å². The van der Waals surface area contributed by atoms with Crippen LogP contribution >= 0.6 is 0 Å². The Labute approximate surface area is 176 Å². The lowest BCUT2D eigenvalue weighted by Crippen LogP contribution is -2.09. The molecule has 0 bridgehead atoms. The molecule has 0 unspecified atom stereocenters. The molecule has 3 aromatic rings. The Morgan fingerprint density at radius 3 is 2.60 bits per heavy atom. The summed E-state index contributed by atoms with van der Waals surface area (Å²) in [4.78, 5) is 11.5. The van der Waals surface area contributed by atoms with E-state index in [1.165, 1.54) is 5.56 Å². The molecule has 5 nitrogen and oxygen atoms in total. The van der Waals surface area contributed by atoms with Crippen LogP contribution in [0.4, 0.5) is 11.4 Å². The van der Waals surface area contributed by atoms with E-state index >= 15 is 0 Å². The predicted molar refractivity (Wildman–Crippen MR) is 117 cm³/mol. The quantitative estimate of drug-likeness (QED) is 0.343. The molecule has 2 N–H and O–H groups in total. The molecule has 0 aliphatic carbocycles. The van der Waals surface area contributed by atoms with Crippen molar-refractivity contribution in [1.82, 2.24) is 0 Å². The third kappa shape index (κ3) is 4.40. The van der Waals surface area contributed by atoms with Gasteiger partial charge in [-0.3, -0.25) is 0 Å². The molecule has 154 valence electrons. The van der Waals surface area contributed by atoms with Crippen LogP contribution in [0.25, 0.3) is 0 Å². The van der Waals surface area contributed by atoms with Crippen molar-refractivity contribution in [3.05, 3.63) is 77.4 Å². The third-order valence-electron chi connectivity index (χ3n) is 5.15. The van der Waals surface area contributed by atoms with Gasteiger partial charge in [0.25, 0.3) is 0 Å². The van der Waals surface area contributed by atoms with E-state index in [1.807, 2.05) is 30.3 Å². The van der Waals surface area contributed by atoms with Crippen LogP contribution in [-0.4, -0.2) is 17.7 Å². The van der Waals surface area contributed by atoms with Crippen molar-refractivity contribution < 1.29 is 19.4 Å². The molecule has 0 amide bonds. The van der Waals surface area contributed by atoms with Gasteiger partial charge < -0.3 is 19.9 Å². The minimum atomic E-state index is -0.983. The van der Waals surface area contributed by atoms with Crippen molar-refractivity contribution in [3.8, 4) is 17.2 Å². The molecule has 0 fully saturated rings. The second-order valence-electron chi connectivity index (χ2n) is 7.39. The number of para-hydroxylation sites is 1. The summed E-state index contributed by atoms with van der Waals surface area (Å²) >= 11 is 0. The van der Waals surface area contributed by atoms with Gasteiger partial charge in [0.2, 0.25) is 0 Å². The van der Waals surface area contributed by atoms with Gasteiger partial charge in [-0.05, 0) is 66.8 Å². The number of rotatable bonds is 8. The van der Waals surface area contributed by atoms with Crippen molar-refractivity contribution in [2.75, 3.05) is 11.9 Å². The molecule has 0 aromatic heterocycles. The van der Waals surface area contributed by atoms with E-state index < -0.39 is 5.97 Å². The van der Waals surface area contributed by atoms with Gasteiger partial charge in [-0.15, -0.1) is 0 Å². The Bertz CT molecular complexity index is 1060. The molecule has 1 heterocycles. The maximum atomic E-state index is 11.5. The summed E-state index contributed by atoms with van der Waals surface area (Å²) in [5.41, 5.74) is 3.85. The van der Waals surface area contributed by atoms with E-state index in [9.17, 15) is 9.90 Å². The molecule has 3 aromatic carbocycles. The lowest BCUT2D eigenvalue weighted by atomic mass is 10.0. The first-order valence-electron chi connectivity index (χ1n) is 10.3. The molecule has 5 heteroatoms. The average molecular weight is 403 g/mol. The summed E-state index contributed by atoms with van der Waals surface area (Å²) in [6, 6.07) is 19.3. The molecule has 1 aliphatic heterocycles. The molecular weight excluding hydrogens is 378 g/mol. The first kappa shape index (κ1) is 19.8. The number of ether oxygens (including phenoxy) is 2. The zero-order valence-corrected chi connectivity index (χ0v) is 17.0. The van der Waals surface area contributed by atoms with Crippen LogP contribution < -0.4 is 14.8 Å². The number of carboxylic acids is 1. The van der Waals surface area contributed by atoms with Gasteiger partial charge in [0.05, 0.1) is 23.5 Å². The number of hydrogen-bond donors (Lipinski definition) is 2. The molecule has 0 spiro atoms. The Balaban J connectivity index is 1.46. The summed E-state index contributed by atoms with van der Waals surface area (Å²) < 4.78 is 11.7. The number of unbranched alkanes of at least 4 members (excludes halogenated alkanes) is 1. The minimum absolute atomic E-state index is 0.198. The number of hydrogen-bond acceptors (Lipinski definition) is 4. The number of anilines is 2. The number of carbonyl (C=O) groups is 1. The Kier molecular flexibility index (Phi) is 5.89. The zero-order chi connectivity index (χ0) is 20.9. The number of aryl methyl sites for hydroxylation is 2. The van der Waals surface area contributed by atoms with Gasteiger partial charge in [0, 0.05) is 0 Å². The van der Waals surface area contributed by atoms with Crippen molar-refractivity contribution >= 4 is 17.3 Å². The maximum Gasteiger partial charge on any atom is 0.337 e. The summed E-state index contributed by atoms with van der Waals surface area (Å²) in [5, 5.41) is 12.7. The van der Waals surface area contributed by atoms with E-state index in [0.29, 0.717) is 17.2 Å². The highest BCUT2D eigenvalue weighted by atomic mass is 16.5. The fraction of sp³-hybridized carbons (Fsp3) is 0.240. The average Bonchev–Trinajstić information content (AvgIpc) is 2.76. The first-order chi connectivity index (χ1) is 14.6. The fourth-order valence-corrected chi connectivity index (χ4v) is 3.51. The van der Waals surface area contributed by atoms with Gasteiger partial charge in [0.1, 0.15) is 5.75 Å². The summed E-state index contributed by atoms with van der Waals surface area (Å²) in [5.74, 6) is 1.15. The largest absolute Gasteiger partial charge is 0.494 e. The van der Waals surface area contributed by atoms with Crippen LogP contribution in [0.15, 0.2) is 60.7 Å². The van der Waals surface area contributed by atoms with Gasteiger partial charge in [-0.2, -0.15) is 0 Å². The number of benzene rings is 3. The zero-order valence-electron chi connectivity index (χ0n) is 17.0. The molecule has 30 heavy (non-hydrogen) atoms. The van der Waals surface area contributed by atoms with E-state index in [1.54, 1.807) is 18.2 Å². The predicted octanol–water partition coefficient (Wildman–Crippen LogP) is 6.20. The van der Waals surface area contributed by atoms with E-state index in [2.05, 4.69) is 24.4 Å². The standard InChI is InChI=1S/C25H25NO4/c1-2-3-14-29-19-7-4-6-17(15-19)10-11-18-12-13-22-21(16-18)26-24-20(25(27)28)8-5-9-23(24)30-22/h4-9,12-13,15-16,26H,2-3,10-11,14H2,1H3,(H,27,28). The first-order valence-corrected chi connectivity index (χ1v) is 10.3. The lowest BCUT2D eigenvalue weighted by molar-refractivity contribution is 0.0697. The Morgan fingerprint density at radius 2 is 1.80 bits per heavy atom. The van der Waals surface area contributed by atoms with Crippen molar-refractivity contribution in [2.45, 2.75) is 32.6 Å². The number of carboxylic acid groups (broad SMARTS) is 1. The SMILES string of the molecule is CCCCOc1cccc(CCc2ccc3c(c2)Nc2c(cccc2C(=O)O)O3)c1. The van der Waals surface area contributed by atoms with Gasteiger partial charge in [-0.25, -0.2) is 4.79 Å². The second-order valence-corrected chi connectivity index (χ2v) is 7.39. The molecular formula is C25H25NO4. The van der Waals surface area contributed by atoms with Crippen molar-refractivity contribution in [3.63, 3.8) is 0 Å². The Hall–Kier alpha value is -3.47. The maximum absolute atomic E-state index is 11.5. The van der Waals surface area contributed by atoms with Crippen LogP contribution in [0.3, 0.4) is 0 Å². The van der Waals surface area contributed by atoms with Crippen LogP contribution in [0.5, 0.6) is 17.2 Å². The summed E-state index contributed by atoms with van der Waals surface area (Å²) in [6.07, 6.45) is 3.93. The highest BCUT2D eigenvalue weighted by molar-refractivity contribution is 5.98. The molecule has 4 rings (SSSR count). The number of aromatic carboxylic acids is 1. The van der Waals surface area contributed by atoms with E-state index in [4.69, 9.17) is 9.47 Å². The minimum Gasteiger partial charge on any atom is -0.494 e. The van der Waals surface area contributed by atoms with Gasteiger partial charge >= 0.3 is 5.97 Å². The summed E-state index contributed by atoms with van der Waals surface area (Å²) in [6.45, 7) is 2.90. The number of fused-ring (bicyclic) bond motifs is 2. The molecule has 1 aliphatic rings. The van der Waals surface area contributed by atoms with Gasteiger partial charge in [0.15, 0.2) is 11.5 Å². The normalized spacial score (nSPS) is 11.6. The molecule has 0 radical (unpaired) electrons. The molecule has 0 saturated heterocycles. The second kappa shape index (κ2) is 8.91. The van der Waals surface area contributed by atoms with E-state index in [-0.39, 0.29) is 5.56 Å². The van der Waals surface area contributed by atoms with Crippen molar-refractivity contribution in [1.29, 1.82) is 0 Å². The topological polar surface area (TPSA) is 67.8 Å². The van der Waals surface area contributed by atoms with E-state index in [0.717, 1.165) is 49.3 Å². The monoisotopic (exact) mass is 403 g/mol.